The molecule has 8 rings (SSSR count). The van der Waals surface area contributed by atoms with Crippen molar-refractivity contribution in [1.82, 2.24) is 0 Å². The first kappa shape index (κ1) is 52.4. The first-order chi connectivity index (χ1) is 33.3. The van der Waals surface area contributed by atoms with Crippen LogP contribution in [-0.4, -0.2) is 108 Å². The summed E-state index contributed by atoms with van der Waals surface area (Å²) in [5.41, 5.74) is 9.46. The number of hydrogen-bond donors (Lipinski definition) is 0. The SMILES string of the molecule is Cc1cc(C(C)(C)c2ccc(OCC3CO3)c(CCCC[Si](C)(C)OC=[Si](C)O[Si](C)(C)CCCc3cc(C(C)(C)c4ccc(OCC5CO5)c(C)c4)ccc3OCC3CO3)c2)ccc1OCC1CO1. The highest BCUT2D eigenvalue weighted by Crippen LogP contribution is 2.39. The van der Waals surface area contributed by atoms with E-state index < -0.39 is 25.3 Å². The van der Waals surface area contributed by atoms with Gasteiger partial charge in [-0.1, -0.05) is 82.6 Å². The lowest BCUT2D eigenvalue weighted by Crippen LogP contribution is -2.36. The lowest BCUT2D eigenvalue weighted by Gasteiger charge is -2.29. The quantitative estimate of drug-likeness (QED) is 0.0297. The molecule has 4 atom stereocenters. The number of benzene rings is 4. The molecule has 4 aliphatic rings. The molecule has 70 heavy (non-hydrogen) atoms. The molecule has 4 heterocycles. The van der Waals surface area contributed by atoms with Crippen molar-refractivity contribution < 1.29 is 46.4 Å². The van der Waals surface area contributed by atoms with E-state index in [1.807, 2.05) is 0 Å². The minimum atomic E-state index is -1.98. The van der Waals surface area contributed by atoms with Gasteiger partial charge in [-0.05, 0) is 153 Å². The summed E-state index contributed by atoms with van der Waals surface area (Å²) in [4.78, 5) is 0. The molecule has 0 saturated carbocycles. The third-order valence-electron chi connectivity index (χ3n) is 14.3. The van der Waals surface area contributed by atoms with Gasteiger partial charge in [0.25, 0.3) is 0 Å². The first-order valence-corrected chi connectivity index (χ1v) is 34.1. The summed E-state index contributed by atoms with van der Waals surface area (Å²) in [5, 5.41) is 0. The predicted molar refractivity (Wildman–Crippen MR) is 286 cm³/mol. The molecule has 4 fully saturated rings. The van der Waals surface area contributed by atoms with Gasteiger partial charge in [-0.2, -0.15) is 0 Å². The summed E-state index contributed by atoms with van der Waals surface area (Å²) in [6.07, 6.45) is 5.95. The van der Waals surface area contributed by atoms with Crippen molar-refractivity contribution in [3.63, 3.8) is 0 Å². The van der Waals surface area contributed by atoms with E-state index in [1.54, 1.807) is 0 Å². The van der Waals surface area contributed by atoms with E-state index in [0.29, 0.717) is 26.4 Å². The van der Waals surface area contributed by atoms with Crippen LogP contribution in [0.25, 0.3) is 0 Å². The van der Waals surface area contributed by atoms with Crippen LogP contribution in [0.4, 0.5) is 0 Å². The van der Waals surface area contributed by atoms with Crippen LogP contribution in [-0.2, 0) is 51.2 Å². The molecule has 0 aromatic heterocycles. The molecule has 4 saturated heterocycles. The first-order valence-electron chi connectivity index (χ1n) is 25.8. The van der Waals surface area contributed by atoms with Crippen molar-refractivity contribution in [3.05, 3.63) is 117 Å². The van der Waals surface area contributed by atoms with Crippen LogP contribution < -0.4 is 18.9 Å². The van der Waals surface area contributed by atoms with E-state index in [-0.39, 0.29) is 35.2 Å². The lowest BCUT2D eigenvalue weighted by molar-refractivity contribution is 0.261. The van der Waals surface area contributed by atoms with E-state index in [4.69, 9.17) is 46.4 Å². The van der Waals surface area contributed by atoms with Gasteiger partial charge in [0.05, 0.1) is 32.3 Å². The van der Waals surface area contributed by atoms with E-state index in [1.165, 1.54) is 33.4 Å². The van der Waals surface area contributed by atoms with Gasteiger partial charge in [0, 0.05) is 10.8 Å². The second-order valence-electron chi connectivity index (χ2n) is 22.4. The maximum Gasteiger partial charge on any atom is 0.248 e. The average molecular weight is 1010 g/mol. The van der Waals surface area contributed by atoms with Gasteiger partial charge in [-0.3, -0.25) is 0 Å². The Bertz CT molecular complexity index is 2430. The number of rotatable bonds is 29. The van der Waals surface area contributed by atoms with Gasteiger partial charge < -0.3 is 46.4 Å². The van der Waals surface area contributed by atoms with Gasteiger partial charge in [0.15, 0.2) is 0 Å². The van der Waals surface area contributed by atoms with E-state index in [9.17, 15) is 0 Å². The zero-order valence-corrected chi connectivity index (χ0v) is 47.0. The molecular formula is C57H80O10Si3. The molecule has 0 spiro atoms. The van der Waals surface area contributed by atoms with Crippen LogP contribution in [0.3, 0.4) is 0 Å². The summed E-state index contributed by atoms with van der Waals surface area (Å²) in [6, 6.07) is 28.8. The summed E-state index contributed by atoms with van der Waals surface area (Å²) >= 11 is 0. The molecule has 0 bridgehead atoms. The molecular weight excluding hydrogens is 929 g/mol. The van der Waals surface area contributed by atoms with Crippen molar-refractivity contribution >= 4 is 31.1 Å². The Kier molecular flexibility index (Phi) is 16.8. The molecule has 4 aromatic carbocycles. The maximum absolute atomic E-state index is 6.91. The molecule has 380 valence electrons. The monoisotopic (exact) mass is 1010 g/mol. The number of aryl methyl sites for hydroxylation is 4. The predicted octanol–water partition coefficient (Wildman–Crippen LogP) is 11.4. The van der Waals surface area contributed by atoms with E-state index >= 15 is 0 Å². The Labute approximate surface area is 422 Å². The molecule has 4 unspecified atom stereocenters. The van der Waals surface area contributed by atoms with Crippen molar-refractivity contribution in [2.24, 2.45) is 0 Å². The fourth-order valence-corrected chi connectivity index (χ4v) is 17.4. The normalized spacial score (nSPS) is 19.9. The molecule has 0 aliphatic carbocycles. The summed E-state index contributed by atoms with van der Waals surface area (Å²) in [5.74, 6) is 5.86. The van der Waals surface area contributed by atoms with E-state index in [2.05, 4.69) is 153 Å². The Balaban J connectivity index is 0.830. The number of unbranched alkanes of at least 4 members (excludes halogenated alkanes) is 1. The van der Waals surface area contributed by atoms with Crippen molar-refractivity contribution in [1.29, 1.82) is 0 Å². The van der Waals surface area contributed by atoms with Crippen LogP contribution in [0.15, 0.2) is 72.8 Å². The molecule has 0 amide bonds. The summed E-state index contributed by atoms with van der Waals surface area (Å²) in [7, 11) is -5.18. The van der Waals surface area contributed by atoms with E-state index in [0.717, 1.165) is 105 Å². The summed E-state index contributed by atoms with van der Waals surface area (Å²) in [6.45, 7) is 30.7. The van der Waals surface area contributed by atoms with Gasteiger partial charge in [0.2, 0.25) is 25.3 Å². The Morgan fingerprint density at radius 3 is 1.27 bits per heavy atom. The molecule has 10 nitrogen and oxygen atoms in total. The molecule has 0 radical (unpaired) electrons. The second kappa shape index (κ2) is 22.4. The maximum atomic E-state index is 6.91. The van der Waals surface area contributed by atoms with Crippen LogP contribution in [0, 0.1) is 13.8 Å². The molecule has 4 aliphatic heterocycles. The Morgan fingerprint density at radius 1 is 0.514 bits per heavy atom. The highest BCUT2D eigenvalue weighted by molar-refractivity contribution is 6.80. The van der Waals surface area contributed by atoms with Crippen molar-refractivity contribution in [2.45, 2.75) is 154 Å². The molecule has 13 heteroatoms. The van der Waals surface area contributed by atoms with Crippen LogP contribution in [0.2, 0.25) is 44.8 Å². The zero-order chi connectivity index (χ0) is 49.7. The third kappa shape index (κ3) is 15.1. The summed E-state index contributed by atoms with van der Waals surface area (Å²) < 4.78 is 60.0. The third-order valence-corrected chi connectivity index (χ3v) is 22.4. The van der Waals surface area contributed by atoms with Crippen LogP contribution in [0.5, 0.6) is 23.0 Å². The van der Waals surface area contributed by atoms with Gasteiger partial charge in [0.1, 0.15) is 73.8 Å². The Morgan fingerprint density at radius 2 is 0.871 bits per heavy atom. The minimum Gasteiger partial charge on any atom is -0.604 e. The topological polar surface area (TPSA) is 106 Å². The van der Waals surface area contributed by atoms with Crippen LogP contribution >= 0.6 is 0 Å². The van der Waals surface area contributed by atoms with Gasteiger partial charge in [-0.15, -0.1) is 0 Å². The fourth-order valence-electron chi connectivity index (χ4n) is 9.11. The largest absolute Gasteiger partial charge is 0.604 e. The minimum absolute atomic E-state index is 0.198. The van der Waals surface area contributed by atoms with Crippen molar-refractivity contribution in [3.8, 4) is 23.0 Å². The smallest absolute Gasteiger partial charge is 0.248 e. The number of hydrogen-bond acceptors (Lipinski definition) is 10. The highest BCUT2D eigenvalue weighted by atomic mass is 28.4. The standard InChI is InChI=1S/C57H80O10Si3/c1-40-27-44(17-21-52(40)62-35-48-31-58-48)56(3,4)46-19-23-54(64-37-50-33-60-50)42(29-46)15-12-13-25-69(8,9)66-39-68(7)67-70(10,11)26-14-16-43-30-47(20-24-55(43)65-38-51-34-61-51)57(5,6)45-18-22-53(41(2)28-45)63-36-49-32-59-49/h17-24,27-30,39,48-51H,12-16,25-26,31-38H2,1-11H3. The van der Waals surface area contributed by atoms with Crippen LogP contribution in [0.1, 0.15) is 91.5 Å². The number of ether oxygens (including phenoxy) is 8. The lowest BCUT2D eigenvalue weighted by atomic mass is 9.77. The zero-order valence-electron chi connectivity index (χ0n) is 44.0. The Hall–Kier alpha value is -3.96. The molecule has 4 aromatic rings. The second-order valence-corrected chi connectivity index (χ2v) is 33.0. The molecule has 0 N–H and O–H groups in total. The van der Waals surface area contributed by atoms with Gasteiger partial charge in [-0.25, -0.2) is 0 Å². The van der Waals surface area contributed by atoms with Gasteiger partial charge >= 0.3 is 0 Å². The average Bonchev–Trinajstić information content (AvgIpc) is 4.10. The number of epoxide rings is 4. The fraction of sp³-hybridized carbons (Fsp3) is 0.561. The highest BCUT2D eigenvalue weighted by Gasteiger charge is 2.31. The van der Waals surface area contributed by atoms with Crippen molar-refractivity contribution in [2.75, 3.05) is 52.9 Å².